The molecular formula is C39H50Cl2N10O9S2. The van der Waals surface area contributed by atoms with Gasteiger partial charge in [-0.2, -0.15) is 9.97 Å². The number of unbranched alkanes of at least 4 members (excludes halogenated alkanes) is 1. The highest BCUT2D eigenvalue weighted by atomic mass is 35.5. The van der Waals surface area contributed by atoms with E-state index in [1.165, 1.54) is 50.8 Å². The van der Waals surface area contributed by atoms with E-state index in [0.717, 1.165) is 22.1 Å². The Bertz CT molecular complexity index is 2850. The van der Waals surface area contributed by atoms with Crippen molar-refractivity contribution >= 4 is 77.5 Å². The molecule has 0 unspecified atom stereocenters. The molecule has 0 aliphatic carbocycles. The van der Waals surface area contributed by atoms with Gasteiger partial charge in [0.2, 0.25) is 31.9 Å². The normalized spacial score (nSPS) is 12.1. The topological polar surface area (TPSA) is 236 Å². The molecule has 0 fully saturated rings. The largest absolute Gasteiger partial charge is 0.396 e. The van der Waals surface area contributed by atoms with Crippen LogP contribution in [0.4, 0.5) is 11.9 Å². The number of imidazole rings is 2. The fraction of sp³-hybridized carbons (Fsp3) is 0.436. The van der Waals surface area contributed by atoms with Crippen molar-refractivity contribution < 1.29 is 21.9 Å². The highest BCUT2D eigenvalue weighted by Crippen LogP contribution is 2.23. The summed E-state index contributed by atoms with van der Waals surface area (Å²) in [6, 6.07) is 13.9. The number of aliphatic hydroxyl groups is 1. The van der Waals surface area contributed by atoms with Crippen molar-refractivity contribution in [1.29, 1.82) is 0 Å². The van der Waals surface area contributed by atoms with Crippen molar-refractivity contribution in [2.75, 3.05) is 16.1 Å². The molecule has 19 nitrogen and oxygen atoms in total. The molecule has 0 aliphatic rings. The number of aryl methyl sites for hydroxylation is 2. The Morgan fingerprint density at radius 3 is 1.29 bits per heavy atom. The van der Waals surface area contributed by atoms with Crippen molar-refractivity contribution in [3.8, 4) is 0 Å². The lowest BCUT2D eigenvalue weighted by Gasteiger charge is -2.13. The number of anilines is 2. The summed E-state index contributed by atoms with van der Waals surface area (Å²) in [5, 5.41) is 8.77. The molecule has 4 aromatic heterocycles. The smallest absolute Gasteiger partial charge is 0.332 e. The van der Waals surface area contributed by atoms with Crippen LogP contribution in [-0.4, -0.2) is 76.4 Å². The molecule has 2 aromatic carbocycles. The Labute approximate surface area is 367 Å². The first-order chi connectivity index (χ1) is 29.1. The predicted molar refractivity (Wildman–Crippen MR) is 242 cm³/mol. The Kier molecular flexibility index (Phi) is 15.0. The number of aliphatic hydroxyl groups excluding tert-OH is 1. The van der Waals surface area contributed by atoms with E-state index in [2.05, 4.69) is 19.4 Å². The van der Waals surface area contributed by atoms with E-state index < -0.39 is 53.0 Å². The molecule has 23 heteroatoms. The number of benzene rings is 2. The zero-order chi connectivity index (χ0) is 45.8. The molecule has 4 heterocycles. The summed E-state index contributed by atoms with van der Waals surface area (Å²) in [5.74, 6) is -0.0790. The van der Waals surface area contributed by atoms with E-state index in [1.807, 2.05) is 6.92 Å². The van der Waals surface area contributed by atoms with Crippen molar-refractivity contribution in [3.05, 3.63) is 111 Å². The highest BCUT2D eigenvalue weighted by Gasteiger charge is 2.26. The number of sulfonamides is 2. The molecule has 0 saturated heterocycles. The molecule has 62 heavy (non-hydrogen) atoms. The lowest BCUT2D eigenvalue weighted by molar-refractivity contribution is 0.277. The number of hydrogen-bond acceptors (Lipinski definition) is 11. The van der Waals surface area contributed by atoms with E-state index in [4.69, 9.17) is 28.3 Å². The van der Waals surface area contributed by atoms with Gasteiger partial charge in [-0.1, -0.05) is 60.8 Å². The van der Waals surface area contributed by atoms with Gasteiger partial charge in [0, 0.05) is 43.8 Å². The maximum atomic E-state index is 13.3. The number of fused-ring (bicyclic) bond motifs is 2. The van der Waals surface area contributed by atoms with Gasteiger partial charge >= 0.3 is 11.4 Å². The van der Waals surface area contributed by atoms with E-state index >= 15 is 0 Å². The quantitative estimate of drug-likeness (QED) is 0.127. The standard InChI is InChI=1S/C20H26ClN5O4S.C19H24ClN5O5S/c1-5-6-11-25-18(27)16-17(24(4)20(25)28)22-19(23-31(29,30)13(2)3)26(16)12-14-7-9-15(21)10-8-14;1-12(2)31(29,30)22-18-21-16-15(25(18)11-13-5-7-14(20)8-6-13)17(27)24(9-4-10-26)19(28)23(16)3/h7-10,13H,5-6,11-12H2,1-4H3,(H,22,23);5-8,12,26H,4,9-11H2,1-3H3,(H,21,22). The zero-order valence-electron chi connectivity index (χ0n) is 35.3. The summed E-state index contributed by atoms with van der Waals surface area (Å²) in [5.41, 5.74) is -0.215. The van der Waals surface area contributed by atoms with Gasteiger partial charge in [0.15, 0.2) is 22.3 Å². The molecule has 0 amide bonds. The van der Waals surface area contributed by atoms with Crippen molar-refractivity contribution in [2.45, 2.75) is 90.6 Å². The van der Waals surface area contributed by atoms with Crippen LogP contribution in [0.15, 0.2) is 67.7 Å². The maximum absolute atomic E-state index is 13.3. The van der Waals surface area contributed by atoms with Gasteiger partial charge < -0.3 is 5.11 Å². The van der Waals surface area contributed by atoms with Crippen LogP contribution in [0.5, 0.6) is 0 Å². The van der Waals surface area contributed by atoms with Gasteiger partial charge in [0.1, 0.15) is 0 Å². The molecule has 0 atom stereocenters. The fourth-order valence-corrected chi connectivity index (χ4v) is 7.73. The summed E-state index contributed by atoms with van der Waals surface area (Å²) in [4.78, 5) is 60.5. The maximum Gasteiger partial charge on any atom is 0.332 e. The van der Waals surface area contributed by atoms with E-state index in [-0.39, 0.29) is 73.4 Å². The predicted octanol–water partition coefficient (Wildman–Crippen LogP) is 3.68. The van der Waals surface area contributed by atoms with Crippen molar-refractivity contribution in [3.63, 3.8) is 0 Å². The third-order valence-electron chi connectivity index (χ3n) is 9.96. The average Bonchev–Trinajstić information content (AvgIpc) is 3.75. The molecule has 3 N–H and O–H groups in total. The number of hydrogen-bond donors (Lipinski definition) is 3. The van der Waals surface area contributed by atoms with Crippen LogP contribution in [0.2, 0.25) is 10.0 Å². The number of aromatic nitrogens is 8. The van der Waals surface area contributed by atoms with Crippen molar-refractivity contribution in [2.24, 2.45) is 14.1 Å². The van der Waals surface area contributed by atoms with Crippen LogP contribution in [0, 0.1) is 0 Å². The summed E-state index contributed by atoms with van der Waals surface area (Å²) in [7, 11) is -4.52. The fourth-order valence-electron chi connectivity index (χ4n) is 6.18. The Morgan fingerprint density at radius 2 is 0.968 bits per heavy atom. The minimum absolute atomic E-state index is 0.0148. The van der Waals surface area contributed by atoms with Gasteiger partial charge in [-0.3, -0.25) is 46.4 Å². The Balaban J connectivity index is 0.000000234. The van der Waals surface area contributed by atoms with Crippen LogP contribution in [0.3, 0.4) is 0 Å². The monoisotopic (exact) mass is 936 g/mol. The average molecular weight is 938 g/mol. The van der Waals surface area contributed by atoms with E-state index in [1.54, 1.807) is 62.4 Å². The molecule has 0 radical (unpaired) electrons. The first-order valence-corrected chi connectivity index (χ1v) is 23.5. The first-order valence-electron chi connectivity index (χ1n) is 19.7. The lowest BCUT2D eigenvalue weighted by Crippen LogP contribution is -2.40. The summed E-state index contributed by atoms with van der Waals surface area (Å²) >= 11 is 11.9. The minimum atomic E-state index is -3.76. The summed E-state index contributed by atoms with van der Waals surface area (Å²) in [6.45, 7) is 8.51. The molecule has 6 rings (SSSR count). The van der Waals surface area contributed by atoms with Gasteiger partial charge in [-0.05, 0) is 75.9 Å². The zero-order valence-corrected chi connectivity index (χ0v) is 38.4. The van der Waals surface area contributed by atoms with Crippen LogP contribution in [-0.2, 0) is 60.3 Å². The summed E-state index contributed by atoms with van der Waals surface area (Å²) in [6.07, 6.45) is 1.70. The Morgan fingerprint density at radius 1 is 0.613 bits per heavy atom. The third kappa shape index (κ3) is 10.2. The third-order valence-corrected chi connectivity index (χ3v) is 13.9. The second-order valence-electron chi connectivity index (χ2n) is 15.1. The number of nitrogens with zero attached hydrogens (tertiary/aromatic N) is 8. The van der Waals surface area contributed by atoms with Crippen LogP contribution in [0.1, 0.15) is 65.0 Å². The van der Waals surface area contributed by atoms with Gasteiger partial charge in [-0.15, -0.1) is 0 Å². The first kappa shape index (κ1) is 47.8. The highest BCUT2D eigenvalue weighted by molar-refractivity contribution is 7.93. The van der Waals surface area contributed by atoms with E-state index in [0.29, 0.717) is 16.5 Å². The van der Waals surface area contributed by atoms with E-state index in [9.17, 15) is 36.0 Å². The van der Waals surface area contributed by atoms with Gasteiger partial charge in [-0.25, -0.2) is 26.4 Å². The second kappa shape index (κ2) is 19.4. The Hall–Kier alpha value is -5.22. The molecule has 0 bridgehead atoms. The minimum Gasteiger partial charge on any atom is -0.396 e. The van der Waals surface area contributed by atoms with Gasteiger partial charge in [0.05, 0.1) is 23.6 Å². The molecule has 336 valence electrons. The van der Waals surface area contributed by atoms with Crippen LogP contribution < -0.4 is 31.9 Å². The molecule has 0 aliphatic heterocycles. The second-order valence-corrected chi connectivity index (χ2v) is 20.4. The molecule has 0 spiro atoms. The summed E-state index contributed by atoms with van der Waals surface area (Å²) < 4.78 is 62.6. The number of rotatable bonds is 16. The molecule has 6 aromatic rings. The molecular weight excluding hydrogens is 888 g/mol. The molecule has 0 saturated carbocycles. The SMILES string of the molecule is CC(C)S(=O)(=O)Nc1nc2c(c(=O)n(CCCO)c(=O)n2C)n1Cc1ccc(Cl)cc1.CCCCn1c(=O)c2c(nc(NS(=O)(=O)C(C)C)n2Cc2ccc(Cl)cc2)n(C)c1=O. The van der Waals surface area contributed by atoms with Crippen LogP contribution >= 0.6 is 23.2 Å². The van der Waals surface area contributed by atoms with Gasteiger partial charge in [0.25, 0.3) is 11.1 Å². The van der Waals surface area contributed by atoms with Crippen LogP contribution in [0.25, 0.3) is 22.3 Å². The number of nitrogens with one attached hydrogen (secondary N) is 2. The lowest BCUT2D eigenvalue weighted by atomic mass is 10.2. The number of halogens is 2. The van der Waals surface area contributed by atoms with Crippen molar-refractivity contribution in [1.82, 2.24) is 37.4 Å².